The number of halogens is 1. The molecule has 1 aliphatic carbocycles. The zero-order valence-electron chi connectivity index (χ0n) is 11.6. The molecule has 4 nitrogen and oxygen atoms in total. The summed E-state index contributed by atoms with van der Waals surface area (Å²) < 4.78 is 5.01. The Labute approximate surface area is 124 Å². The van der Waals surface area contributed by atoms with Crippen LogP contribution in [0.2, 0.25) is 0 Å². The van der Waals surface area contributed by atoms with Gasteiger partial charge in [-0.15, -0.1) is 11.6 Å². The van der Waals surface area contributed by atoms with Gasteiger partial charge < -0.3 is 15.2 Å². The number of ether oxygens (including phenoxy) is 1. The van der Waals surface area contributed by atoms with Crippen LogP contribution in [0.4, 0.5) is 0 Å². The van der Waals surface area contributed by atoms with Crippen molar-refractivity contribution in [3.8, 4) is 11.5 Å². The molecule has 0 spiro atoms. The van der Waals surface area contributed by atoms with E-state index in [0.717, 1.165) is 32.1 Å². The van der Waals surface area contributed by atoms with Gasteiger partial charge in [-0.25, -0.2) is 0 Å². The fourth-order valence-electron chi connectivity index (χ4n) is 2.54. The van der Waals surface area contributed by atoms with Crippen molar-refractivity contribution >= 4 is 17.5 Å². The first-order valence-corrected chi connectivity index (χ1v) is 7.38. The summed E-state index contributed by atoms with van der Waals surface area (Å²) in [5.41, 5.74) is 0.220. The second-order valence-corrected chi connectivity index (χ2v) is 5.65. The molecule has 1 amide bonds. The molecule has 5 heteroatoms. The van der Waals surface area contributed by atoms with Gasteiger partial charge in [-0.2, -0.15) is 0 Å². The van der Waals surface area contributed by atoms with Gasteiger partial charge in [0, 0.05) is 6.04 Å². The van der Waals surface area contributed by atoms with E-state index in [-0.39, 0.29) is 28.6 Å². The second kappa shape index (κ2) is 6.84. The van der Waals surface area contributed by atoms with Crippen molar-refractivity contribution in [1.82, 2.24) is 5.32 Å². The minimum absolute atomic E-state index is 0.0442. The Morgan fingerprint density at radius 2 is 2.10 bits per heavy atom. The van der Waals surface area contributed by atoms with Gasteiger partial charge >= 0.3 is 0 Å². The van der Waals surface area contributed by atoms with Crippen LogP contribution in [0.15, 0.2) is 18.2 Å². The summed E-state index contributed by atoms with van der Waals surface area (Å²) in [5.74, 6) is -0.146. The van der Waals surface area contributed by atoms with Gasteiger partial charge in [-0.1, -0.05) is 25.3 Å². The first kappa shape index (κ1) is 15.0. The van der Waals surface area contributed by atoms with Crippen molar-refractivity contribution in [3.63, 3.8) is 0 Å². The molecular formula is C15H20ClNO3. The lowest BCUT2D eigenvalue weighted by atomic mass is 10.1. The van der Waals surface area contributed by atoms with Crippen LogP contribution in [0.25, 0.3) is 0 Å². The van der Waals surface area contributed by atoms with E-state index in [9.17, 15) is 9.90 Å². The van der Waals surface area contributed by atoms with Crippen molar-refractivity contribution in [2.24, 2.45) is 0 Å². The lowest BCUT2D eigenvalue weighted by Gasteiger charge is -2.21. The van der Waals surface area contributed by atoms with Crippen molar-refractivity contribution in [2.75, 3.05) is 7.11 Å². The first-order chi connectivity index (χ1) is 9.63. The monoisotopic (exact) mass is 297 g/mol. The minimum Gasteiger partial charge on any atom is -0.504 e. The van der Waals surface area contributed by atoms with Gasteiger partial charge in [-0.05, 0) is 25.0 Å². The van der Waals surface area contributed by atoms with Crippen LogP contribution in [0, 0.1) is 0 Å². The predicted octanol–water partition coefficient (Wildman–Crippen LogP) is 3.07. The van der Waals surface area contributed by atoms with Gasteiger partial charge in [0.15, 0.2) is 11.5 Å². The largest absolute Gasteiger partial charge is 0.504 e. The standard InChI is InChI=1S/C15H20ClNO3/c1-20-13-9-5-6-10(14(13)18)15(19)17-12-8-4-2-3-7-11(12)16/h5-6,9,11-12,18H,2-4,7-8H2,1H3,(H,17,19). The van der Waals surface area contributed by atoms with Crippen LogP contribution in [-0.4, -0.2) is 29.5 Å². The maximum atomic E-state index is 12.3. The number of benzene rings is 1. The molecule has 1 fully saturated rings. The summed E-state index contributed by atoms with van der Waals surface area (Å²) in [4.78, 5) is 12.3. The fourth-order valence-corrected chi connectivity index (χ4v) is 2.88. The van der Waals surface area contributed by atoms with Crippen LogP contribution >= 0.6 is 11.6 Å². The smallest absolute Gasteiger partial charge is 0.255 e. The van der Waals surface area contributed by atoms with Gasteiger partial charge in [0.05, 0.1) is 18.1 Å². The molecule has 0 bridgehead atoms. The molecule has 2 unspecified atom stereocenters. The van der Waals surface area contributed by atoms with Crippen molar-refractivity contribution < 1.29 is 14.6 Å². The van der Waals surface area contributed by atoms with Crippen molar-refractivity contribution in [3.05, 3.63) is 23.8 Å². The molecular weight excluding hydrogens is 278 g/mol. The van der Waals surface area contributed by atoms with Crippen LogP contribution in [0.5, 0.6) is 11.5 Å². The lowest BCUT2D eigenvalue weighted by Crippen LogP contribution is -2.40. The Balaban J connectivity index is 2.11. The number of hydrogen-bond donors (Lipinski definition) is 2. The number of phenols is 1. The van der Waals surface area contributed by atoms with E-state index in [1.165, 1.54) is 7.11 Å². The maximum Gasteiger partial charge on any atom is 0.255 e. The highest BCUT2D eigenvalue weighted by Gasteiger charge is 2.25. The normalized spacial score (nSPS) is 22.9. The summed E-state index contributed by atoms with van der Waals surface area (Å²) in [6, 6.07) is 4.82. The Hall–Kier alpha value is -1.42. The number of aromatic hydroxyl groups is 1. The number of carbonyl (C=O) groups excluding carboxylic acids is 1. The quantitative estimate of drug-likeness (QED) is 0.666. The highest BCUT2D eigenvalue weighted by molar-refractivity contribution is 6.21. The molecule has 0 aliphatic heterocycles. The SMILES string of the molecule is COc1cccc(C(=O)NC2CCCCCC2Cl)c1O. The first-order valence-electron chi connectivity index (χ1n) is 6.94. The van der Waals surface area contributed by atoms with Crippen LogP contribution in [0.3, 0.4) is 0 Å². The molecule has 20 heavy (non-hydrogen) atoms. The van der Waals surface area contributed by atoms with E-state index < -0.39 is 0 Å². The molecule has 2 rings (SSSR count). The Morgan fingerprint density at radius 3 is 2.85 bits per heavy atom. The third-order valence-corrected chi connectivity index (χ3v) is 4.23. The van der Waals surface area contributed by atoms with Crippen LogP contribution in [-0.2, 0) is 0 Å². The minimum atomic E-state index is -0.307. The molecule has 1 saturated carbocycles. The Morgan fingerprint density at radius 1 is 1.35 bits per heavy atom. The summed E-state index contributed by atoms with van der Waals surface area (Å²) in [7, 11) is 1.46. The van der Waals surface area contributed by atoms with E-state index in [2.05, 4.69) is 5.32 Å². The van der Waals surface area contributed by atoms with E-state index in [0.29, 0.717) is 5.75 Å². The molecule has 0 radical (unpaired) electrons. The van der Waals surface area contributed by atoms with E-state index in [1.807, 2.05) is 0 Å². The number of amides is 1. The number of phenolic OH excluding ortho intramolecular Hbond substituents is 1. The summed E-state index contributed by atoms with van der Waals surface area (Å²) in [5, 5.41) is 12.9. The Bertz CT molecular complexity index is 478. The second-order valence-electron chi connectivity index (χ2n) is 5.09. The predicted molar refractivity (Wildman–Crippen MR) is 78.6 cm³/mol. The lowest BCUT2D eigenvalue weighted by molar-refractivity contribution is 0.0930. The summed E-state index contributed by atoms with van der Waals surface area (Å²) in [6.07, 6.45) is 5.12. The Kier molecular flexibility index (Phi) is 5.12. The highest BCUT2D eigenvalue weighted by Crippen LogP contribution is 2.30. The van der Waals surface area contributed by atoms with Gasteiger partial charge in [0.25, 0.3) is 5.91 Å². The average molecular weight is 298 g/mol. The molecule has 2 N–H and O–H groups in total. The third kappa shape index (κ3) is 3.37. The van der Waals surface area contributed by atoms with E-state index in [4.69, 9.17) is 16.3 Å². The zero-order chi connectivity index (χ0) is 14.5. The average Bonchev–Trinajstić information content (AvgIpc) is 2.64. The molecule has 0 aromatic heterocycles. The number of rotatable bonds is 3. The molecule has 0 heterocycles. The summed E-state index contributed by atoms with van der Waals surface area (Å²) >= 11 is 6.32. The van der Waals surface area contributed by atoms with Gasteiger partial charge in [0.2, 0.25) is 0 Å². The molecule has 2 atom stereocenters. The van der Waals surface area contributed by atoms with E-state index in [1.54, 1.807) is 18.2 Å². The summed E-state index contributed by atoms with van der Waals surface area (Å²) in [6.45, 7) is 0. The molecule has 1 aromatic carbocycles. The van der Waals surface area contributed by atoms with Crippen LogP contribution in [0.1, 0.15) is 42.5 Å². The van der Waals surface area contributed by atoms with Gasteiger partial charge in [-0.3, -0.25) is 4.79 Å². The number of nitrogens with one attached hydrogen (secondary N) is 1. The molecule has 110 valence electrons. The topological polar surface area (TPSA) is 58.6 Å². The third-order valence-electron chi connectivity index (χ3n) is 3.71. The zero-order valence-corrected chi connectivity index (χ0v) is 12.3. The maximum absolute atomic E-state index is 12.3. The molecule has 1 aromatic rings. The van der Waals surface area contributed by atoms with Crippen LogP contribution < -0.4 is 10.1 Å². The van der Waals surface area contributed by atoms with E-state index >= 15 is 0 Å². The number of para-hydroxylation sites is 1. The van der Waals surface area contributed by atoms with Gasteiger partial charge in [0.1, 0.15) is 0 Å². The number of methoxy groups -OCH3 is 1. The molecule has 1 aliphatic rings. The van der Waals surface area contributed by atoms with Crippen molar-refractivity contribution in [2.45, 2.75) is 43.5 Å². The number of hydrogen-bond acceptors (Lipinski definition) is 3. The number of carbonyl (C=O) groups is 1. The molecule has 0 saturated heterocycles. The van der Waals surface area contributed by atoms with Crippen molar-refractivity contribution in [1.29, 1.82) is 0 Å². The highest BCUT2D eigenvalue weighted by atomic mass is 35.5. The number of alkyl halides is 1. The fraction of sp³-hybridized carbons (Fsp3) is 0.533.